The fourth-order valence-corrected chi connectivity index (χ4v) is 2.01. The first-order chi connectivity index (χ1) is 7.44. The van der Waals surface area contributed by atoms with Crippen molar-refractivity contribution < 1.29 is 4.74 Å². The predicted octanol–water partition coefficient (Wildman–Crippen LogP) is 2.15. The molecule has 0 aliphatic carbocycles. The number of hydrogen-bond acceptors (Lipinski definition) is 3. The summed E-state index contributed by atoms with van der Waals surface area (Å²) in [6.45, 7) is 6.97. The molecule has 0 bridgehead atoms. The number of nitrogens with one attached hydrogen (secondary N) is 1. The van der Waals surface area contributed by atoms with Crippen LogP contribution in [0.4, 0.5) is 0 Å². The third kappa shape index (κ3) is 2.56. The smallest absolute Gasteiger partial charge is 0.0835 e. The van der Waals surface area contributed by atoms with Gasteiger partial charge in [0.25, 0.3) is 0 Å². The number of methoxy groups -OCH3 is 1. The molecule has 16 heavy (non-hydrogen) atoms. The van der Waals surface area contributed by atoms with E-state index >= 15 is 0 Å². The Labute approximate surface area is 102 Å². The Kier molecular flexibility index (Phi) is 4.35. The number of ether oxygens (including phenoxy) is 1. The van der Waals surface area contributed by atoms with E-state index in [1.807, 2.05) is 20.9 Å². The van der Waals surface area contributed by atoms with Gasteiger partial charge >= 0.3 is 0 Å². The molecular weight excluding hydrogens is 226 g/mol. The number of aromatic nitrogens is 2. The minimum absolute atomic E-state index is 0.0162. The van der Waals surface area contributed by atoms with Crippen LogP contribution in [-0.2, 0) is 11.8 Å². The van der Waals surface area contributed by atoms with E-state index in [0.29, 0.717) is 5.02 Å². The zero-order valence-electron chi connectivity index (χ0n) is 10.5. The molecule has 1 N–H and O–H groups in total. The van der Waals surface area contributed by atoms with E-state index in [-0.39, 0.29) is 11.6 Å². The van der Waals surface area contributed by atoms with Gasteiger partial charge < -0.3 is 10.1 Å². The second kappa shape index (κ2) is 5.17. The number of rotatable bonds is 5. The van der Waals surface area contributed by atoms with Crippen molar-refractivity contribution in [3.05, 3.63) is 16.9 Å². The van der Waals surface area contributed by atoms with Crippen molar-refractivity contribution in [3.63, 3.8) is 0 Å². The van der Waals surface area contributed by atoms with Crippen molar-refractivity contribution in [2.75, 3.05) is 13.7 Å². The molecule has 1 rings (SSSR count). The van der Waals surface area contributed by atoms with Gasteiger partial charge in [-0.2, -0.15) is 5.10 Å². The molecule has 0 amide bonds. The summed E-state index contributed by atoms with van der Waals surface area (Å²) >= 11 is 6.16. The summed E-state index contributed by atoms with van der Waals surface area (Å²) in [6.07, 6.45) is 1.66. The number of halogens is 1. The van der Waals surface area contributed by atoms with Gasteiger partial charge in [0.15, 0.2) is 0 Å². The summed E-state index contributed by atoms with van der Waals surface area (Å²) < 4.78 is 7.31. The normalized spacial score (nSPS) is 14.1. The van der Waals surface area contributed by atoms with Gasteiger partial charge in [0.2, 0.25) is 0 Å². The Morgan fingerprint density at radius 3 is 2.62 bits per heavy atom. The van der Waals surface area contributed by atoms with E-state index in [9.17, 15) is 0 Å². The third-order valence-electron chi connectivity index (χ3n) is 2.84. The molecule has 0 saturated heterocycles. The van der Waals surface area contributed by atoms with Crippen LogP contribution < -0.4 is 5.32 Å². The quantitative estimate of drug-likeness (QED) is 0.864. The molecule has 1 aromatic rings. The summed E-state index contributed by atoms with van der Waals surface area (Å²) in [5.41, 5.74) is 0.614. The lowest BCUT2D eigenvalue weighted by molar-refractivity contribution is -0.0128. The fraction of sp³-hybridized carbons (Fsp3) is 0.727. The lowest BCUT2D eigenvalue weighted by atomic mass is 9.95. The first kappa shape index (κ1) is 13.5. The Balaban J connectivity index is 3.12. The second-order valence-electron chi connectivity index (χ2n) is 4.30. The van der Waals surface area contributed by atoms with Gasteiger partial charge in [-0.05, 0) is 20.4 Å². The second-order valence-corrected chi connectivity index (χ2v) is 4.71. The van der Waals surface area contributed by atoms with Gasteiger partial charge in [-0.3, -0.25) is 4.68 Å². The van der Waals surface area contributed by atoms with Crippen molar-refractivity contribution >= 4 is 11.6 Å². The SMILES string of the molecule is CCNC(c1c(Cl)cnn1C)C(C)(C)OC. The molecule has 0 aliphatic heterocycles. The molecule has 92 valence electrons. The Hall–Kier alpha value is -0.580. The van der Waals surface area contributed by atoms with E-state index in [4.69, 9.17) is 16.3 Å². The number of aryl methyl sites for hydroxylation is 1. The summed E-state index contributed by atoms with van der Waals surface area (Å²) in [4.78, 5) is 0. The van der Waals surface area contributed by atoms with Gasteiger partial charge in [-0.1, -0.05) is 18.5 Å². The predicted molar refractivity (Wildman–Crippen MR) is 65.7 cm³/mol. The molecule has 1 unspecified atom stereocenters. The van der Waals surface area contributed by atoms with Crippen molar-refractivity contribution in [2.45, 2.75) is 32.4 Å². The maximum absolute atomic E-state index is 6.16. The molecule has 0 saturated carbocycles. The molecule has 0 aliphatic rings. The van der Waals surface area contributed by atoms with Crippen molar-refractivity contribution in [2.24, 2.45) is 7.05 Å². The zero-order chi connectivity index (χ0) is 12.3. The van der Waals surface area contributed by atoms with Crippen molar-refractivity contribution in [1.82, 2.24) is 15.1 Å². The summed E-state index contributed by atoms with van der Waals surface area (Å²) in [5.74, 6) is 0. The van der Waals surface area contributed by atoms with Crippen LogP contribution in [0, 0.1) is 0 Å². The van der Waals surface area contributed by atoms with Gasteiger partial charge in [0.05, 0.1) is 28.6 Å². The molecule has 0 aromatic carbocycles. The summed E-state index contributed by atoms with van der Waals surface area (Å²) in [5, 5.41) is 8.21. The molecule has 0 fully saturated rings. The van der Waals surface area contributed by atoms with Gasteiger partial charge in [-0.15, -0.1) is 0 Å². The Morgan fingerprint density at radius 2 is 2.25 bits per heavy atom. The highest BCUT2D eigenvalue weighted by atomic mass is 35.5. The summed E-state index contributed by atoms with van der Waals surface area (Å²) in [7, 11) is 3.59. The molecule has 1 heterocycles. The molecular formula is C11H20ClN3O. The average Bonchev–Trinajstić information content (AvgIpc) is 2.56. The van der Waals surface area contributed by atoms with Crippen LogP contribution in [0.25, 0.3) is 0 Å². The van der Waals surface area contributed by atoms with Gasteiger partial charge in [0.1, 0.15) is 0 Å². The van der Waals surface area contributed by atoms with E-state index in [0.717, 1.165) is 12.2 Å². The third-order valence-corrected chi connectivity index (χ3v) is 3.13. The Bertz CT molecular complexity index is 329. The van der Waals surface area contributed by atoms with Crippen LogP contribution in [0.2, 0.25) is 5.02 Å². The number of nitrogens with zero attached hydrogens (tertiary/aromatic N) is 2. The van der Waals surface area contributed by atoms with Gasteiger partial charge in [-0.25, -0.2) is 0 Å². The molecule has 0 radical (unpaired) electrons. The minimum Gasteiger partial charge on any atom is -0.377 e. The van der Waals surface area contributed by atoms with Crippen LogP contribution in [0.5, 0.6) is 0 Å². The maximum Gasteiger partial charge on any atom is 0.0835 e. The molecule has 1 atom stereocenters. The van der Waals surface area contributed by atoms with E-state index in [2.05, 4.69) is 17.3 Å². The maximum atomic E-state index is 6.16. The van der Waals surface area contributed by atoms with Crippen LogP contribution in [-0.4, -0.2) is 29.0 Å². The Morgan fingerprint density at radius 1 is 1.62 bits per heavy atom. The van der Waals surface area contributed by atoms with E-state index in [1.54, 1.807) is 18.0 Å². The number of likely N-dealkylation sites (N-methyl/N-ethyl adjacent to an activating group) is 1. The first-order valence-corrected chi connectivity index (χ1v) is 5.77. The van der Waals surface area contributed by atoms with Crippen LogP contribution >= 0.6 is 11.6 Å². The average molecular weight is 246 g/mol. The largest absolute Gasteiger partial charge is 0.377 e. The number of hydrogen-bond donors (Lipinski definition) is 1. The van der Waals surface area contributed by atoms with Gasteiger partial charge in [0, 0.05) is 14.2 Å². The van der Waals surface area contributed by atoms with Crippen LogP contribution in [0.15, 0.2) is 6.20 Å². The molecule has 5 heteroatoms. The zero-order valence-corrected chi connectivity index (χ0v) is 11.3. The van der Waals surface area contributed by atoms with E-state index < -0.39 is 0 Å². The van der Waals surface area contributed by atoms with Crippen molar-refractivity contribution in [3.8, 4) is 0 Å². The highest BCUT2D eigenvalue weighted by Crippen LogP contribution is 2.32. The monoisotopic (exact) mass is 245 g/mol. The molecule has 1 aromatic heterocycles. The molecule has 4 nitrogen and oxygen atoms in total. The highest BCUT2D eigenvalue weighted by molar-refractivity contribution is 6.31. The topological polar surface area (TPSA) is 39.1 Å². The lowest BCUT2D eigenvalue weighted by Gasteiger charge is -2.34. The van der Waals surface area contributed by atoms with Crippen LogP contribution in [0.1, 0.15) is 32.5 Å². The minimum atomic E-state index is -0.340. The first-order valence-electron chi connectivity index (χ1n) is 5.40. The lowest BCUT2D eigenvalue weighted by Crippen LogP contribution is -2.42. The summed E-state index contributed by atoms with van der Waals surface area (Å²) in [6, 6.07) is 0.0162. The van der Waals surface area contributed by atoms with E-state index in [1.165, 1.54) is 0 Å². The standard InChI is InChI=1S/C11H20ClN3O/c1-6-13-10(11(2,3)16-5)9-8(12)7-14-15(9)4/h7,10,13H,6H2,1-5H3. The fourth-order valence-electron chi connectivity index (χ4n) is 1.74. The van der Waals surface area contributed by atoms with Crippen LogP contribution in [0.3, 0.4) is 0 Å². The van der Waals surface area contributed by atoms with Crippen molar-refractivity contribution in [1.29, 1.82) is 0 Å². The molecule has 0 spiro atoms. The highest BCUT2D eigenvalue weighted by Gasteiger charge is 2.33.